The van der Waals surface area contributed by atoms with Crippen LogP contribution in [0.25, 0.3) is 10.9 Å². The number of aryl methyl sites for hydroxylation is 1. The predicted molar refractivity (Wildman–Crippen MR) is 85.7 cm³/mol. The van der Waals surface area contributed by atoms with Crippen LogP contribution in [-0.2, 0) is 13.2 Å². The Morgan fingerprint density at radius 2 is 2.17 bits per heavy atom. The van der Waals surface area contributed by atoms with Gasteiger partial charge in [-0.05, 0) is 29.2 Å². The van der Waals surface area contributed by atoms with Gasteiger partial charge in [-0.3, -0.25) is 4.98 Å². The number of alkyl halides is 1. The third-order valence-corrected chi connectivity index (χ3v) is 3.66. The number of rotatable bonds is 6. The van der Waals surface area contributed by atoms with Crippen molar-refractivity contribution in [2.75, 3.05) is 6.61 Å². The van der Waals surface area contributed by atoms with Crippen molar-refractivity contribution in [1.82, 2.24) is 14.5 Å². The second-order valence-electron chi connectivity index (χ2n) is 5.21. The van der Waals surface area contributed by atoms with Gasteiger partial charge in [0.15, 0.2) is 5.82 Å². The Kier molecular flexibility index (Phi) is 4.37. The van der Waals surface area contributed by atoms with E-state index in [0.717, 1.165) is 5.39 Å². The second kappa shape index (κ2) is 6.61. The van der Waals surface area contributed by atoms with E-state index in [2.05, 4.69) is 9.97 Å². The van der Waals surface area contributed by atoms with Crippen LogP contribution >= 0.6 is 0 Å². The van der Waals surface area contributed by atoms with E-state index in [9.17, 15) is 14.5 Å². The van der Waals surface area contributed by atoms with Gasteiger partial charge in [0.2, 0.25) is 0 Å². The molecule has 7 nitrogen and oxygen atoms in total. The number of hydrogen-bond donors (Lipinski definition) is 0. The van der Waals surface area contributed by atoms with Crippen molar-refractivity contribution in [2.24, 2.45) is 0 Å². The monoisotopic (exact) mass is 330 g/mol. The lowest BCUT2D eigenvalue weighted by Gasteiger charge is -2.08. The smallest absolute Gasteiger partial charge is 0.342 e. The molecular weight excluding hydrogens is 315 g/mol. The Morgan fingerprint density at radius 1 is 1.33 bits per heavy atom. The summed E-state index contributed by atoms with van der Waals surface area (Å²) in [5.74, 6) is 1.13. The first kappa shape index (κ1) is 15.9. The molecule has 3 rings (SSSR count). The molecule has 0 saturated heterocycles. The van der Waals surface area contributed by atoms with E-state index in [1.54, 1.807) is 37.3 Å². The highest BCUT2D eigenvalue weighted by Gasteiger charge is 2.16. The summed E-state index contributed by atoms with van der Waals surface area (Å²) in [4.78, 5) is 18.6. The van der Waals surface area contributed by atoms with Gasteiger partial charge in [0, 0.05) is 12.3 Å². The summed E-state index contributed by atoms with van der Waals surface area (Å²) in [6, 6.07) is 8.72. The van der Waals surface area contributed by atoms with Gasteiger partial charge in [-0.2, -0.15) is 0 Å². The number of pyridine rings is 1. The van der Waals surface area contributed by atoms with Crippen molar-refractivity contribution in [3.63, 3.8) is 0 Å². The molecule has 0 N–H and O–H groups in total. The molecule has 0 atom stereocenters. The number of nitro groups is 1. The lowest BCUT2D eigenvalue weighted by atomic mass is 10.2. The lowest BCUT2D eigenvalue weighted by molar-refractivity contribution is -0.392. The molecular formula is C16H15FN4O3. The normalized spacial score (nSPS) is 10.9. The molecule has 0 amide bonds. The Labute approximate surface area is 136 Å². The number of imidazole rings is 1. The first-order valence-electron chi connectivity index (χ1n) is 7.33. The molecule has 8 heteroatoms. The van der Waals surface area contributed by atoms with Gasteiger partial charge in [0.05, 0.1) is 11.2 Å². The highest BCUT2D eigenvalue weighted by Crippen LogP contribution is 2.21. The summed E-state index contributed by atoms with van der Waals surface area (Å²) >= 11 is 0. The molecule has 24 heavy (non-hydrogen) atoms. The zero-order chi connectivity index (χ0) is 17.1. The lowest BCUT2D eigenvalue weighted by Crippen LogP contribution is -2.11. The highest BCUT2D eigenvalue weighted by atomic mass is 19.1. The van der Waals surface area contributed by atoms with Crippen LogP contribution in [0.15, 0.2) is 36.5 Å². The predicted octanol–water partition coefficient (Wildman–Crippen LogP) is 3.20. The molecule has 2 aromatic heterocycles. The number of hydrogen-bond acceptors (Lipinski definition) is 5. The molecule has 1 aromatic carbocycles. The maximum absolute atomic E-state index is 12.6. The van der Waals surface area contributed by atoms with Crippen molar-refractivity contribution in [3.8, 4) is 5.75 Å². The molecule has 0 aliphatic rings. The molecule has 0 aliphatic heterocycles. The second-order valence-corrected chi connectivity index (χ2v) is 5.21. The zero-order valence-corrected chi connectivity index (χ0v) is 13.0. The molecule has 0 saturated carbocycles. The minimum Gasteiger partial charge on any atom is -0.489 e. The third kappa shape index (κ3) is 3.17. The number of benzene rings is 1. The summed E-state index contributed by atoms with van der Waals surface area (Å²) in [5.41, 5.74) is 1.08. The van der Waals surface area contributed by atoms with Crippen LogP contribution in [-0.4, -0.2) is 26.1 Å². The van der Waals surface area contributed by atoms with Gasteiger partial charge in [-0.1, -0.05) is 6.07 Å². The summed E-state index contributed by atoms with van der Waals surface area (Å²) in [7, 11) is 0. The minimum atomic E-state index is -0.600. The van der Waals surface area contributed by atoms with E-state index in [4.69, 9.17) is 4.74 Å². The van der Waals surface area contributed by atoms with E-state index in [1.165, 1.54) is 10.8 Å². The Morgan fingerprint density at radius 3 is 2.92 bits per heavy atom. The minimum absolute atomic E-state index is 0.0578. The molecule has 2 heterocycles. The van der Waals surface area contributed by atoms with E-state index in [0.29, 0.717) is 29.3 Å². The maximum Gasteiger partial charge on any atom is 0.342 e. The fraction of sp³-hybridized carbons (Fsp3) is 0.250. The third-order valence-electron chi connectivity index (χ3n) is 3.66. The summed E-state index contributed by atoms with van der Waals surface area (Å²) in [6.07, 6.45) is 1.24. The SMILES string of the molecule is Cc1ncc([N+](=O)[O-])n1CCOc1ccc2nc(CF)ccc2c1. The number of aromatic nitrogens is 3. The largest absolute Gasteiger partial charge is 0.489 e. The van der Waals surface area contributed by atoms with E-state index >= 15 is 0 Å². The Balaban J connectivity index is 1.70. The Hall–Kier alpha value is -3.03. The van der Waals surface area contributed by atoms with Crippen LogP contribution < -0.4 is 4.74 Å². The van der Waals surface area contributed by atoms with E-state index < -0.39 is 11.6 Å². The number of halogens is 1. The van der Waals surface area contributed by atoms with Crippen molar-refractivity contribution < 1.29 is 14.1 Å². The summed E-state index contributed by atoms with van der Waals surface area (Å²) < 4.78 is 19.8. The van der Waals surface area contributed by atoms with Crippen molar-refractivity contribution in [2.45, 2.75) is 20.1 Å². The van der Waals surface area contributed by atoms with Gasteiger partial charge in [0.25, 0.3) is 0 Å². The van der Waals surface area contributed by atoms with Crippen LogP contribution in [0.2, 0.25) is 0 Å². The van der Waals surface area contributed by atoms with Crippen LogP contribution in [0.4, 0.5) is 10.2 Å². The fourth-order valence-corrected chi connectivity index (χ4v) is 2.44. The number of nitrogens with zero attached hydrogens (tertiary/aromatic N) is 4. The quantitative estimate of drug-likeness (QED) is 0.512. The van der Waals surface area contributed by atoms with Crippen molar-refractivity contribution >= 4 is 16.7 Å². The molecule has 0 unspecified atom stereocenters. The molecule has 0 fully saturated rings. The number of ether oxygens (including phenoxy) is 1. The summed E-state index contributed by atoms with van der Waals surface area (Å²) in [5, 5.41) is 11.8. The topological polar surface area (TPSA) is 83.1 Å². The molecule has 124 valence electrons. The van der Waals surface area contributed by atoms with Crippen molar-refractivity contribution in [3.05, 3.63) is 58.2 Å². The molecule has 0 radical (unpaired) electrons. The fourth-order valence-electron chi connectivity index (χ4n) is 2.44. The van der Waals surface area contributed by atoms with Crippen LogP contribution in [0.5, 0.6) is 5.75 Å². The van der Waals surface area contributed by atoms with Gasteiger partial charge < -0.3 is 14.9 Å². The standard InChI is InChI=1S/C16H15FN4O3/c1-11-18-10-16(21(22)23)20(11)6-7-24-14-4-5-15-12(8-14)2-3-13(9-17)19-15/h2-5,8,10H,6-7,9H2,1H3. The number of fused-ring (bicyclic) bond motifs is 1. The van der Waals surface area contributed by atoms with Crippen LogP contribution in [0, 0.1) is 17.0 Å². The van der Waals surface area contributed by atoms with E-state index in [1.807, 2.05) is 0 Å². The van der Waals surface area contributed by atoms with Crippen LogP contribution in [0.3, 0.4) is 0 Å². The Bertz CT molecular complexity index is 894. The molecule has 0 bridgehead atoms. The van der Waals surface area contributed by atoms with Gasteiger partial charge in [-0.15, -0.1) is 0 Å². The van der Waals surface area contributed by atoms with Gasteiger partial charge in [-0.25, -0.2) is 13.9 Å². The first-order chi connectivity index (χ1) is 11.6. The molecule has 0 aliphatic carbocycles. The maximum atomic E-state index is 12.6. The average molecular weight is 330 g/mol. The first-order valence-corrected chi connectivity index (χ1v) is 7.33. The zero-order valence-electron chi connectivity index (χ0n) is 13.0. The van der Waals surface area contributed by atoms with Crippen LogP contribution in [0.1, 0.15) is 11.5 Å². The van der Waals surface area contributed by atoms with E-state index in [-0.39, 0.29) is 12.4 Å². The van der Waals surface area contributed by atoms with Crippen molar-refractivity contribution in [1.29, 1.82) is 0 Å². The average Bonchev–Trinajstić information content (AvgIpc) is 2.95. The molecule has 3 aromatic rings. The highest BCUT2D eigenvalue weighted by molar-refractivity contribution is 5.80. The molecule has 0 spiro atoms. The summed E-state index contributed by atoms with van der Waals surface area (Å²) in [6.45, 7) is 1.69. The van der Waals surface area contributed by atoms with Gasteiger partial charge >= 0.3 is 5.82 Å². The van der Waals surface area contributed by atoms with Gasteiger partial charge in [0.1, 0.15) is 31.8 Å².